The fourth-order valence-electron chi connectivity index (χ4n) is 5.23. The van der Waals surface area contributed by atoms with Crippen LogP contribution in [0.2, 0.25) is 0 Å². The second-order valence-corrected chi connectivity index (χ2v) is 13.3. The predicted octanol–water partition coefficient (Wildman–Crippen LogP) is 2.10. The van der Waals surface area contributed by atoms with E-state index < -0.39 is 27.8 Å². The minimum Gasteiger partial charge on any atom is -0.352 e. The van der Waals surface area contributed by atoms with E-state index in [1.165, 1.54) is 16.1 Å². The number of thioether (sulfide) groups is 1. The standard InChI is InChI=1S/C26H37N5O5S2/c1-18-8-10-21(11-9-18)38(35,36)31-14-12-19(13-15-31)22(27-24(33)20-6-4-3-5-7-20)23(32)25(34)28-29-26-30(2)16-17-37-26/h8-11,19-20,22H,3-7,12-17H2,1-2H3,(H,27,33)(H,28,34). The maximum absolute atomic E-state index is 13.3. The SMILES string of the molecule is Cc1ccc(S(=O)(=O)N2CCC(C(NC(=O)C3CCCCC3)C(=O)C(=O)NN=C3SCCN3C)CC2)cc1. The smallest absolute Gasteiger partial charge is 0.309 e. The number of piperidine rings is 1. The van der Waals surface area contributed by atoms with Crippen molar-refractivity contribution in [3.8, 4) is 0 Å². The van der Waals surface area contributed by atoms with Crippen LogP contribution in [0.4, 0.5) is 0 Å². The molecule has 2 amide bonds. The van der Waals surface area contributed by atoms with E-state index in [2.05, 4.69) is 15.8 Å². The predicted molar refractivity (Wildman–Crippen MR) is 147 cm³/mol. The van der Waals surface area contributed by atoms with Gasteiger partial charge in [-0.15, -0.1) is 5.10 Å². The van der Waals surface area contributed by atoms with Crippen LogP contribution in [0.5, 0.6) is 0 Å². The Morgan fingerprint density at radius 2 is 1.66 bits per heavy atom. The number of amidine groups is 1. The van der Waals surface area contributed by atoms with Crippen molar-refractivity contribution >= 4 is 44.6 Å². The average molecular weight is 564 g/mol. The van der Waals surface area contributed by atoms with Crippen LogP contribution in [0, 0.1) is 18.8 Å². The number of benzene rings is 1. The van der Waals surface area contributed by atoms with Gasteiger partial charge in [0.25, 0.3) is 0 Å². The van der Waals surface area contributed by atoms with Crippen LogP contribution in [0.3, 0.4) is 0 Å². The molecule has 2 N–H and O–H groups in total. The number of aryl methyl sites for hydroxylation is 1. The third-order valence-electron chi connectivity index (χ3n) is 7.65. The molecule has 1 unspecified atom stereocenters. The molecule has 2 aliphatic heterocycles. The third-order valence-corrected chi connectivity index (χ3v) is 10.6. The zero-order chi connectivity index (χ0) is 27.3. The maximum Gasteiger partial charge on any atom is 0.309 e. The summed E-state index contributed by atoms with van der Waals surface area (Å²) in [6.07, 6.45) is 5.27. The number of nitrogens with one attached hydrogen (secondary N) is 2. The van der Waals surface area contributed by atoms with E-state index in [-0.39, 0.29) is 35.7 Å². The molecular weight excluding hydrogens is 526 g/mol. The van der Waals surface area contributed by atoms with Crippen LogP contribution in [0.15, 0.2) is 34.3 Å². The van der Waals surface area contributed by atoms with Crippen LogP contribution < -0.4 is 10.7 Å². The van der Waals surface area contributed by atoms with Gasteiger partial charge in [-0.3, -0.25) is 14.4 Å². The van der Waals surface area contributed by atoms with Gasteiger partial charge in [0.2, 0.25) is 21.7 Å². The lowest BCUT2D eigenvalue weighted by Gasteiger charge is -2.35. The molecule has 2 heterocycles. The van der Waals surface area contributed by atoms with E-state index >= 15 is 0 Å². The summed E-state index contributed by atoms with van der Waals surface area (Å²) < 4.78 is 27.7. The lowest BCUT2D eigenvalue weighted by molar-refractivity contribution is -0.141. The number of hydrazone groups is 1. The molecule has 208 valence electrons. The average Bonchev–Trinajstić information content (AvgIpc) is 3.35. The first-order valence-electron chi connectivity index (χ1n) is 13.3. The Morgan fingerprint density at radius 1 is 1.00 bits per heavy atom. The van der Waals surface area contributed by atoms with Crippen LogP contribution in [-0.4, -0.2) is 78.9 Å². The van der Waals surface area contributed by atoms with Crippen molar-refractivity contribution in [2.45, 2.75) is 62.8 Å². The first kappa shape index (κ1) is 28.6. The van der Waals surface area contributed by atoms with Crippen molar-refractivity contribution < 1.29 is 22.8 Å². The van der Waals surface area contributed by atoms with E-state index in [1.807, 2.05) is 18.9 Å². The minimum absolute atomic E-state index is 0.173. The molecule has 0 aromatic heterocycles. The zero-order valence-corrected chi connectivity index (χ0v) is 23.7. The first-order chi connectivity index (χ1) is 18.2. The molecule has 1 saturated carbocycles. The molecule has 0 spiro atoms. The summed E-state index contributed by atoms with van der Waals surface area (Å²) in [7, 11) is -1.81. The van der Waals surface area contributed by atoms with E-state index in [0.29, 0.717) is 18.0 Å². The van der Waals surface area contributed by atoms with Gasteiger partial charge in [-0.25, -0.2) is 13.8 Å². The molecule has 0 bridgehead atoms. The zero-order valence-electron chi connectivity index (χ0n) is 22.0. The van der Waals surface area contributed by atoms with Crippen LogP contribution in [0.25, 0.3) is 0 Å². The second kappa shape index (κ2) is 12.6. The second-order valence-electron chi connectivity index (χ2n) is 10.3. The number of Topliss-reactive ketones (excluding diaryl/α,β-unsaturated/α-hetero) is 1. The van der Waals surface area contributed by atoms with Gasteiger partial charge in [0.05, 0.1) is 4.90 Å². The molecule has 38 heavy (non-hydrogen) atoms. The molecule has 10 nitrogen and oxygen atoms in total. The van der Waals surface area contributed by atoms with Crippen molar-refractivity contribution in [1.29, 1.82) is 0 Å². The molecule has 4 rings (SSSR count). The maximum atomic E-state index is 13.3. The highest BCUT2D eigenvalue weighted by Crippen LogP contribution is 2.28. The van der Waals surface area contributed by atoms with E-state index in [1.54, 1.807) is 24.3 Å². The molecule has 12 heteroatoms. The van der Waals surface area contributed by atoms with Crippen molar-refractivity contribution in [1.82, 2.24) is 19.9 Å². The molecule has 1 aromatic carbocycles. The Morgan fingerprint density at radius 3 is 2.26 bits per heavy atom. The monoisotopic (exact) mass is 563 g/mol. The summed E-state index contributed by atoms with van der Waals surface area (Å²) in [6, 6.07) is 5.69. The number of hydrogen-bond acceptors (Lipinski definition) is 7. The van der Waals surface area contributed by atoms with Gasteiger partial charge in [0.1, 0.15) is 6.04 Å². The Hall–Kier alpha value is -2.44. The van der Waals surface area contributed by atoms with E-state index in [9.17, 15) is 22.8 Å². The summed E-state index contributed by atoms with van der Waals surface area (Å²) in [4.78, 5) is 41.4. The normalized spacial score (nSPS) is 21.8. The quantitative estimate of drug-likeness (QED) is 0.366. The van der Waals surface area contributed by atoms with E-state index in [4.69, 9.17) is 0 Å². The van der Waals surface area contributed by atoms with Gasteiger partial charge in [-0.2, -0.15) is 4.31 Å². The largest absolute Gasteiger partial charge is 0.352 e. The Kier molecular flexibility index (Phi) is 9.48. The minimum atomic E-state index is -3.67. The van der Waals surface area contributed by atoms with Crippen molar-refractivity contribution in [2.24, 2.45) is 16.9 Å². The van der Waals surface area contributed by atoms with Crippen LogP contribution in [0.1, 0.15) is 50.5 Å². The highest BCUT2D eigenvalue weighted by molar-refractivity contribution is 8.14. The van der Waals surface area contributed by atoms with Crippen LogP contribution >= 0.6 is 11.8 Å². The van der Waals surface area contributed by atoms with Gasteiger partial charge in [-0.05, 0) is 50.7 Å². The highest BCUT2D eigenvalue weighted by Gasteiger charge is 2.39. The number of nitrogens with zero attached hydrogens (tertiary/aromatic N) is 3. The number of hydrogen-bond donors (Lipinski definition) is 2. The summed E-state index contributed by atoms with van der Waals surface area (Å²) in [5.41, 5.74) is 3.34. The molecular formula is C26H37N5O5S2. The Balaban J connectivity index is 1.46. The molecule has 0 radical (unpaired) electrons. The molecule has 3 aliphatic rings. The third kappa shape index (κ3) is 6.76. The lowest BCUT2D eigenvalue weighted by atomic mass is 9.85. The van der Waals surface area contributed by atoms with Gasteiger partial charge < -0.3 is 10.2 Å². The van der Waals surface area contributed by atoms with Gasteiger partial charge in [0, 0.05) is 38.4 Å². The fourth-order valence-corrected chi connectivity index (χ4v) is 7.67. The summed E-state index contributed by atoms with van der Waals surface area (Å²) >= 11 is 1.49. The molecule has 1 atom stereocenters. The lowest BCUT2D eigenvalue weighted by Crippen LogP contribution is -2.54. The first-order valence-corrected chi connectivity index (χ1v) is 15.7. The number of carbonyl (C=O) groups excluding carboxylic acids is 3. The van der Waals surface area contributed by atoms with Crippen molar-refractivity contribution in [2.75, 3.05) is 32.4 Å². The number of amides is 2. The summed E-state index contributed by atoms with van der Waals surface area (Å²) in [6.45, 7) is 3.11. The van der Waals surface area contributed by atoms with Crippen molar-refractivity contribution in [3.63, 3.8) is 0 Å². The van der Waals surface area contributed by atoms with Crippen LogP contribution in [-0.2, 0) is 24.4 Å². The van der Waals surface area contributed by atoms with Gasteiger partial charge in [-0.1, -0.05) is 48.7 Å². The molecule has 3 fully saturated rings. The fraction of sp³-hybridized carbons (Fsp3) is 0.615. The summed E-state index contributed by atoms with van der Waals surface area (Å²) in [5.74, 6) is -1.51. The number of ketones is 1. The Bertz CT molecular complexity index is 1160. The highest BCUT2D eigenvalue weighted by atomic mass is 32.2. The number of carbonyl (C=O) groups is 3. The van der Waals surface area contributed by atoms with Gasteiger partial charge >= 0.3 is 5.91 Å². The molecule has 1 aliphatic carbocycles. The van der Waals surface area contributed by atoms with Gasteiger partial charge in [0.15, 0.2) is 5.17 Å². The topological polar surface area (TPSA) is 128 Å². The number of sulfonamides is 1. The Labute approximate surface area is 229 Å². The summed E-state index contributed by atoms with van der Waals surface area (Å²) in [5, 5.41) is 7.60. The molecule has 2 saturated heterocycles. The van der Waals surface area contributed by atoms with Crippen molar-refractivity contribution in [3.05, 3.63) is 29.8 Å². The molecule has 1 aromatic rings. The van der Waals surface area contributed by atoms with E-state index in [0.717, 1.165) is 50.0 Å². The number of rotatable bonds is 8.